The molecule has 1 amide bonds. The largest absolute Gasteiger partial charge is 0.493 e. The van der Waals surface area contributed by atoms with E-state index in [-0.39, 0.29) is 12.5 Å². The van der Waals surface area contributed by atoms with Crippen LogP contribution in [-0.2, 0) is 11.3 Å². The van der Waals surface area contributed by atoms with Crippen molar-refractivity contribution < 1.29 is 14.3 Å². The van der Waals surface area contributed by atoms with E-state index in [2.05, 4.69) is 29.4 Å². The number of ether oxygens (including phenoxy) is 2. The van der Waals surface area contributed by atoms with Gasteiger partial charge in [0.1, 0.15) is 0 Å². The standard InChI is InChI=1S/C21H35N3O3/c1-5-23-21(25)15-27-19-7-6-18(12-20(19)26-4)14-22-13-17(3)24-10-8-16(2)9-11-24/h6-7,12,16-17,22H,5,8-11,13-15H2,1-4H3,(H,23,25). The molecule has 1 aromatic carbocycles. The number of hydrogen-bond acceptors (Lipinski definition) is 5. The van der Waals surface area contributed by atoms with E-state index in [1.165, 1.54) is 25.9 Å². The smallest absolute Gasteiger partial charge is 0.257 e. The van der Waals surface area contributed by atoms with Gasteiger partial charge in [-0.15, -0.1) is 0 Å². The predicted molar refractivity (Wildman–Crippen MR) is 108 cm³/mol. The van der Waals surface area contributed by atoms with Gasteiger partial charge in [0.05, 0.1) is 7.11 Å². The quantitative estimate of drug-likeness (QED) is 0.656. The first-order valence-corrected chi connectivity index (χ1v) is 10.0. The molecule has 0 aliphatic carbocycles. The first kappa shape index (κ1) is 21.5. The molecule has 1 aliphatic rings. The Labute approximate surface area is 163 Å². The zero-order chi connectivity index (χ0) is 19.6. The van der Waals surface area contributed by atoms with E-state index in [1.54, 1.807) is 7.11 Å². The summed E-state index contributed by atoms with van der Waals surface area (Å²) in [6.07, 6.45) is 2.61. The lowest BCUT2D eigenvalue weighted by Gasteiger charge is -2.35. The highest BCUT2D eigenvalue weighted by Crippen LogP contribution is 2.28. The highest BCUT2D eigenvalue weighted by atomic mass is 16.5. The third-order valence-electron chi connectivity index (χ3n) is 5.17. The maximum atomic E-state index is 11.5. The van der Waals surface area contributed by atoms with Gasteiger partial charge < -0.3 is 20.1 Å². The van der Waals surface area contributed by atoms with E-state index < -0.39 is 0 Å². The molecule has 0 saturated carbocycles. The maximum Gasteiger partial charge on any atom is 0.257 e. The Morgan fingerprint density at radius 1 is 1.30 bits per heavy atom. The number of likely N-dealkylation sites (N-methyl/N-ethyl adjacent to an activating group) is 1. The average molecular weight is 378 g/mol. The molecular formula is C21H35N3O3. The monoisotopic (exact) mass is 377 g/mol. The van der Waals surface area contributed by atoms with E-state index in [9.17, 15) is 4.79 Å². The van der Waals surface area contributed by atoms with Gasteiger partial charge in [0.15, 0.2) is 18.1 Å². The predicted octanol–water partition coefficient (Wildman–Crippen LogP) is 2.42. The number of amides is 1. The van der Waals surface area contributed by atoms with Gasteiger partial charge in [-0.1, -0.05) is 13.0 Å². The summed E-state index contributed by atoms with van der Waals surface area (Å²) in [5.41, 5.74) is 1.14. The summed E-state index contributed by atoms with van der Waals surface area (Å²) < 4.78 is 11.0. The van der Waals surface area contributed by atoms with Gasteiger partial charge in [-0.05, 0) is 63.4 Å². The Kier molecular flexibility index (Phi) is 8.88. The van der Waals surface area contributed by atoms with Crippen LogP contribution in [0.15, 0.2) is 18.2 Å². The van der Waals surface area contributed by atoms with E-state index >= 15 is 0 Å². The number of carbonyl (C=O) groups is 1. The van der Waals surface area contributed by atoms with Crippen LogP contribution in [0, 0.1) is 5.92 Å². The highest BCUT2D eigenvalue weighted by Gasteiger charge is 2.19. The zero-order valence-corrected chi connectivity index (χ0v) is 17.2. The second kappa shape index (κ2) is 11.1. The third-order valence-corrected chi connectivity index (χ3v) is 5.17. The van der Waals surface area contributed by atoms with Crippen molar-refractivity contribution in [2.75, 3.05) is 39.9 Å². The van der Waals surface area contributed by atoms with Crippen LogP contribution in [0.5, 0.6) is 11.5 Å². The molecule has 152 valence electrons. The number of rotatable bonds is 10. The molecule has 27 heavy (non-hydrogen) atoms. The molecule has 1 fully saturated rings. The van der Waals surface area contributed by atoms with Crippen LogP contribution in [0.1, 0.15) is 39.2 Å². The van der Waals surface area contributed by atoms with Crippen LogP contribution in [0.3, 0.4) is 0 Å². The zero-order valence-electron chi connectivity index (χ0n) is 17.2. The third kappa shape index (κ3) is 7.03. The van der Waals surface area contributed by atoms with Gasteiger partial charge in [0.2, 0.25) is 0 Å². The van der Waals surface area contributed by atoms with Crippen LogP contribution >= 0.6 is 0 Å². The number of hydrogen-bond donors (Lipinski definition) is 2. The van der Waals surface area contributed by atoms with E-state index in [4.69, 9.17) is 9.47 Å². The fourth-order valence-corrected chi connectivity index (χ4v) is 3.36. The summed E-state index contributed by atoms with van der Waals surface area (Å²) in [6, 6.07) is 6.38. The Balaban J connectivity index is 1.80. The summed E-state index contributed by atoms with van der Waals surface area (Å²) >= 11 is 0. The molecule has 0 radical (unpaired) electrons. The minimum absolute atomic E-state index is 0.00619. The van der Waals surface area contributed by atoms with Crippen molar-refractivity contribution in [2.45, 2.75) is 46.2 Å². The molecule has 1 heterocycles. The number of carbonyl (C=O) groups excluding carboxylic acids is 1. The van der Waals surface area contributed by atoms with Crippen LogP contribution in [0.2, 0.25) is 0 Å². The lowest BCUT2D eigenvalue weighted by Crippen LogP contribution is -2.44. The topological polar surface area (TPSA) is 62.8 Å². The average Bonchev–Trinajstić information content (AvgIpc) is 2.67. The van der Waals surface area contributed by atoms with Gasteiger partial charge in [-0.2, -0.15) is 0 Å². The van der Waals surface area contributed by atoms with Gasteiger partial charge in [0.25, 0.3) is 5.91 Å². The minimum atomic E-state index is -0.133. The molecule has 0 spiro atoms. The molecule has 0 aromatic heterocycles. The summed E-state index contributed by atoms with van der Waals surface area (Å²) in [7, 11) is 1.62. The van der Waals surface area contributed by atoms with Crippen LogP contribution < -0.4 is 20.1 Å². The van der Waals surface area contributed by atoms with Crippen LogP contribution in [-0.4, -0.2) is 56.7 Å². The molecule has 1 atom stereocenters. The van der Waals surface area contributed by atoms with Crippen molar-refractivity contribution in [3.05, 3.63) is 23.8 Å². The summed E-state index contributed by atoms with van der Waals surface area (Å²) in [4.78, 5) is 14.1. The second-order valence-electron chi connectivity index (χ2n) is 7.43. The summed E-state index contributed by atoms with van der Waals surface area (Å²) in [5.74, 6) is 1.97. The fraction of sp³-hybridized carbons (Fsp3) is 0.667. The van der Waals surface area contributed by atoms with Gasteiger partial charge in [-0.25, -0.2) is 0 Å². The van der Waals surface area contributed by atoms with E-state index in [1.807, 2.05) is 25.1 Å². The molecule has 1 aromatic rings. The van der Waals surface area contributed by atoms with Crippen molar-refractivity contribution in [1.29, 1.82) is 0 Å². The van der Waals surface area contributed by atoms with Crippen molar-refractivity contribution in [3.8, 4) is 11.5 Å². The minimum Gasteiger partial charge on any atom is -0.493 e. The Morgan fingerprint density at radius 2 is 2.04 bits per heavy atom. The fourth-order valence-electron chi connectivity index (χ4n) is 3.36. The van der Waals surface area contributed by atoms with Gasteiger partial charge in [0, 0.05) is 25.7 Å². The molecular weight excluding hydrogens is 342 g/mol. The number of nitrogens with zero attached hydrogens (tertiary/aromatic N) is 1. The molecule has 2 N–H and O–H groups in total. The lowest BCUT2D eigenvalue weighted by molar-refractivity contribution is -0.123. The Hall–Kier alpha value is -1.79. The van der Waals surface area contributed by atoms with Crippen LogP contribution in [0.4, 0.5) is 0 Å². The van der Waals surface area contributed by atoms with Crippen molar-refractivity contribution in [1.82, 2.24) is 15.5 Å². The number of benzene rings is 1. The molecule has 2 rings (SSSR count). The van der Waals surface area contributed by atoms with E-state index in [0.717, 1.165) is 24.6 Å². The number of methoxy groups -OCH3 is 1. The molecule has 1 aliphatic heterocycles. The first-order chi connectivity index (χ1) is 13.0. The van der Waals surface area contributed by atoms with Crippen molar-refractivity contribution in [3.63, 3.8) is 0 Å². The summed E-state index contributed by atoms with van der Waals surface area (Å²) in [6.45, 7) is 11.3. The number of piperidine rings is 1. The molecule has 6 heteroatoms. The second-order valence-corrected chi connectivity index (χ2v) is 7.43. The van der Waals surface area contributed by atoms with Gasteiger partial charge >= 0.3 is 0 Å². The first-order valence-electron chi connectivity index (χ1n) is 10.0. The van der Waals surface area contributed by atoms with Crippen molar-refractivity contribution in [2.24, 2.45) is 5.92 Å². The normalized spacial score (nSPS) is 16.7. The highest BCUT2D eigenvalue weighted by molar-refractivity contribution is 5.77. The SMILES string of the molecule is CCNC(=O)COc1ccc(CNCC(C)N2CCC(C)CC2)cc1OC. The number of nitrogens with one attached hydrogen (secondary N) is 2. The summed E-state index contributed by atoms with van der Waals surface area (Å²) in [5, 5.41) is 6.26. The van der Waals surface area contributed by atoms with Gasteiger partial charge in [-0.3, -0.25) is 9.69 Å². The Bertz CT molecular complexity index is 586. The van der Waals surface area contributed by atoms with Crippen LogP contribution in [0.25, 0.3) is 0 Å². The molecule has 1 unspecified atom stereocenters. The molecule has 1 saturated heterocycles. The number of likely N-dealkylation sites (tertiary alicyclic amines) is 1. The lowest BCUT2D eigenvalue weighted by atomic mass is 9.98. The van der Waals surface area contributed by atoms with Crippen molar-refractivity contribution >= 4 is 5.91 Å². The molecule has 0 bridgehead atoms. The molecule has 6 nitrogen and oxygen atoms in total. The Morgan fingerprint density at radius 3 is 2.70 bits per heavy atom. The van der Waals surface area contributed by atoms with E-state index in [0.29, 0.717) is 24.1 Å². The maximum absolute atomic E-state index is 11.5.